The molecule has 6 nitrogen and oxygen atoms in total. The average Bonchev–Trinajstić information content (AvgIpc) is 3.03. The van der Waals surface area contributed by atoms with Gasteiger partial charge >= 0.3 is 0 Å². The highest BCUT2D eigenvalue weighted by Crippen LogP contribution is 2.14. The number of benzene rings is 1. The van der Waals surface area contributed by atoms with Crippen molar-refractivity contribution in [1.29, 1.82) is 0 Å². The third-order valence-electron chi connectivity index (χ3n) is 4.19. The van der Waals surface area contributed by atoms with Gasteiger partial charge in [-0.2, -0.15) is 0 Å². The number of rotatable bonds is 5. The van der Waals surface area contributed by atoms with Crippen LogP contribution >= 0.6 is 35.6 Å². The maximum absolute atomic E-state index is 5.90. The quantitative estimate of drug-likeness (QED) is 0.397. The molecule has 1 aliphatic heterocycles. The molecule has 2 heterocycles. The minimum atomic E-state index is 0. The number of fused-ring (bicyclic) bond motifs is 1. The van der Waals surface area contributed by atoms with Crippen LogP contribution in [0.2, 0.25) is 5.02 Å². The summed E-state index contributed by atoms with van der Waals surface area (Å²) in [6.07, 6.45) is 4.35. The fourth-order valence-electron chi connectivity index (χ4n) is 2.86. The van der Waals surface area contributed by atoms with Gasteiger partial charge in [0.05, 0.1) is 6.54 Å². The zero-order valence-electron chi connectivity index (χ0n) is 14.3. The summed E-state index contributed by atoms with van der Waals surface area (Å²) in [5.41, 5.74) is 1.24. The SMILES string of the molecule is CN=C(NCCc1ccc(Cl)cc1)NCc1nnc2n1CCCC2.I. The molecule has 1 aromatic carbocycles. The number of nitrogens with zero attached hydrogens (tertiary/aromatic N) is 4. The van der Waals surface area contributed by atoms with Gasteiger partial charge in [0.2, 0.25) is 0 Å². The Morgan fingerprint density at radius 1 is 1.20 bits per heavy atom. The highest BCUT2D eigenvalue weighted by molar-refractivity contribution is 14.0. The lowest BCUT2D eigenvalue weighted by molar-refractivity contribution is 0.504. The number of aromatic nitrogens is 3. The molecule has 0 atom stereocenters. The zero-order chi connectivity index (χ0) is 16.8. The topological polar surface area (TPSA) is 67.1 Å². The Kier molecular flexibility index (Phi) is 7.95. The van der Waals surface area contributed by atoms with Crippen LogP contribution in [0.3, 0.4) is 0 Å². The third kappa shape index (κ3) is 5.57. The highest BCUT2D eigenvalue weighted by Gasteiger charge is 2.15. The average molecular weight is 475 g/mol. The van der Waals surface area contributed by atoms with Gasteiger partial charge in [0.15, 0.2) is 11.8 Å². The van der Waals surface area contributed by atoms with Crippen molar-refractivity contribution in [1.82, 2.24) is 25.4 Å². The van der Waals surface area contributed by atoms with Crippen molar-refractivity contribution < 1.29 is 0 Å². The molecule has 1 aliphatic rings. The Labute approximate surface area is 170 Å². The van der Waals surface area contributed by atoms with Crippen LogP contribution in [-0.2, 0) is 25.9 Å². The largest absolute Gasteiger partial charge is 0.356 e. The maximum Gasteiger partial charge on any atom is 0.191 e. The van der Waals surface area contributed by atoms with Gasteiger partial charge in [0, 0.05) is 31.6 Å². The number of guanidine groups is 1. The molecule has 1 aromatic heterocycles. The van der Waals surface area contributed by atoms with Gasteiger partial charge < -0.3 is 15.2 Å². The molecule has 8 heteroatoms. The molecule has 25 heavy (non-hydrogen) atoms. The summed E-state index contributed by atoms with van der Waals surface area (Å²) in [7, 11) is 1.77. The van der Waals surface area contributed by atoms with E-state index >= 15 is 0 Å². The molecule has 0 amide bonds. The summed E-state index contributed by atoms with van der Waals surface area (Å²) < 4.78 is 2.22. The fourth-order valence-corrected chi connectivity index (χ4v) is 2.98. The fraction of sp³-hybridized carbons (Fsp3) is 0.471. The van der Waals surface area contributed by atoms with E-state index in [4.69, 9.17) is 11.6 Å². The van der Waals surface area contributed by atoms with E-state index in [1.54, 1.807) is 7.05 Å². The van der Waals surface area contributed by atoms with Crippen LogP contribution in [0.15, 0.2) is 29.3 Å². The second-order valence-corrected chi connectivity index (χ2v) is 6.31. The van der Waals surface area contributed by atoms with Crippen LogP contribution in [-0.4, -0.2) is 34.3 Å². The van der Waals surface area contributed by atoms with Crippen molar-refractivity contribution in [3.05, 3.63) is 46.5 Å². The van der Waals surface area contributed by atoms with Crippen LogP contribution in [0.1, 0.15) is 30.1 Å². The van der Waals surface area contributed by atoms with Gasteiger partial charge in [0.25, 0.3) is 0 Å². The van der Waals surface area contributed by atoms with Crippen molar-refractivity contribution in [2.75, 3.05) is 13.6 Å². The number of hydrogen-bond donors (Lipinski definition) is 2. The summed E-state index contributed by atoms with van der Waals surface area (Å²) in [6, 6.07) is 7.92. The van der Waals surface area contributed by atoms with Crippen molar-refractivity contribution in [2.45, 2.75) is 38.8 Å². The highest BCUT2D eigenvalue weighted by atomic mass is 127. The van der Waals surface area contributed by atoms with Gasteiger partial charge in [0.1, 0.15) is 5.82 Å². The number of aliphatic imine (C=N–C) groups is 1. The summed E-state index contributed by atoms with van der Waals surface area (Å²) >= 11 is 5.90. The predicted octanol–water partition coefficient (Wildman–Crippen LogP) is 2.79. The maximum atomic E-state index is 5.90. The summed E-state index contributed by atoms with van der Waals surface area (Å²) in [6.45, 7) is 2.45. The molecule has 0 radical (unpaired) electrons. The Balaban J connectivity index is 0.00000225. The minimum absolute atomic E-state index is 0. The van der Waals surface area contributed by atoms with Crippen molar-refractivity contribution in [3.8, 4) is 0 Å². The van der Waals surface area contributed by atoms with Crippen molar-refractivity contribution >= 4 is 41.5 Å². The monoisotopic (exact) mass is 474 g/mol. The number of halogens is 2. The van der Waals surface area contributed by atoms with E-state index in [1.807, 2.05) is 24.3 Å². The molecular weight excluding hydrogens is 451 g/mol. The molecule has 3 rings (SSSR count). The zero-order valence-corrected chi connectivity index (χ0v) is 17.4. The first-order valence-electron chi connectivity index (χ1n) is 8.36. The van der Waals surface area contributed by atoms with Crippen LogP contribution in [0.25, 0.3) is 0 Å². The minimum Gasteiger partial charge on any atom is -0.356 e. The van der Waals surface area contributed by atoms with E-state index in [-0.39, 0.29) is 24.0 Å². The number of aryl methyl sites for hydroxylation is 1. The van der Waals surface area contributed by atoms with Crippen molar-refractivity contribution in [2.24, 2.45) is 4.99 Å². The first kappa shape index (κ1) is 20.0. The van der Waals surface area contributed by atoms with Crippen LogP contribution in [0.4, 0.5) is 0 Å². The smallest absolute Gasteiger partial charge is 0.191 e. The first-order valence-corrected chi connectivity index (χ1v) is 8.74. The molecule has 2 aromatic rings. The summed E-state index contributed by atoms with van der Waals surface area (Å²) in [4.78, 5) is 4.26. The van der Waals surface area contributed by atoms with Gasteiger partial charge in [-0.1, -0.05) is 23.7 Å². The van der Waals surface area contributed by atoms with E-state index in [0.29, 0.717) is 6.54 Å². The predicted molar refractivity (Wildman–Crippen MR) is 112 cm³/mol. The molecule has 0 spiro atoms. The van der Waals surface area contributed by atoms with E-state index in [1.165, 1.54) is 18.4 Å². The summed E-state index contributed by atoms with van der Waals surface area (Å²) in [5.74, 6) is 2.85. The van der Waals surface area contributed by atoms with E-state index in [0.717, 1.165) is 48.6 Å². The molecular formula is C17H24ClIN6. The lowest BCUT2D eigenvalue weighted by Gasteiger charge is -2.16. The van der Waals surface area contributed by atoms with Gasteiger partial charge in [-0.05, 0) is 37.0 Å². The molecule has 2 N–H and O–H groups in total. The molecule has 0 aliphatic carbocycles. The molecule has 0 unspecified atom stereocenters. The molecule has 0 saturated carbocycles. The van der Waals surface area contributed by atoms with E-state index in [2.05, 4.69) is 30.4 Å². The first-order chi connectivity index (χ1) is 11.8. The van der Waals surface area contributed by atoms with E-state index in [9.17, 15) is 0 Å². The lowest BCUT2D eigenvalue weighted by atomic mass is 10.1. The second kappa shape index (κ2) is 9.96. The molecule has 136 valence electrons. The Morgan fingerprint density at radius 2 is 2.00 bits per heavy atom. The van der Waals surface area contributed by atoms with Crippen molar-refractivity contribution in [3.63, 3.8) is 0 Å². The Bertz CT molecular complexity index is 698. The lowest BCUT2D eigenvalue weighted by Crippen LogP contribution is -2.38. The number of hydrogen-bond acceptors (Lipinski definition) is 3. The molecule has 0 fully saturated rings. The normalized spacial score (nSPS) is 13.8. The standard InChI is InChI=1S/C17H23ClN6.HI/c1-19-17(20-10-9-13-5-7-14(18)8-6-13)21-12-16-23-22-15-4-2-3-11-24(15)16;/h5-8H,2-4,9-12H2,1H3,(H2,19,20,21);1H. The second-order valence-electron chi connectivity index (χ2n) is 5.87. The Morgan fingerprint density at radius 3 is 2.76 bits per heavy atom. The molecule has 0 saturated heterocycles. The summed E-state index contributed by atoms with van der Waals surface area (Å²) in [5, 5.41) is 16.0. The van der Waals surface area contributed by atoms with Crippen LogP contribution < -0.4 is 10.6 Å². The third-order valence-corrected chi connectivity index (χ3v) is 4.45. The van der Waals surface area contributed by atoms with Crippen LogP contribution in [0, 0.1) is 0 Å². The van der Waals surface area contributed by atoms with Gasteiger partial charge in [-0.25, -0.2) is 0 Å². The van der Waals surface area contributed by atoms with E-state index < -0.39 is 0 Å². The van der Waals surface area contributed by atoms with Gasteiger partial charge in [-0.3, -0.25) is 4.99 Å². The number of nitrogens with one attached hydrogen (secondary N) is 2. The van der Waals surface area contributed by atoms with Crippen LogP contribution in [0.5, 0.6) is 0 Å². The van der Waals surface area contributed by atoms with Gasteiger partial charge in [-0.15, -0.1) is 34.2 Å². The molecule has 0 bridgehead atoms. The Hall–Kier alpha value is -1.35.